The van der Waals surface area contributed by atoms with E-state index in [0.717, 1.165) is 11.8 Å². The topological polar surface area (TPSA) is 81.5 Å². The summed E-state index contributed by atoms with van der Waals surface area (Å²) in [7, 11) is 1.37. The number of fused-ring (bicyclic) bond motifs is 1. The number of nitrogens with zero attached hydrogens (tertiary/aromatic N) is 3. The number of halogens is 1. The van der Waals surface area contributed by atoms with Crippen molar-refractivity contribution < 1.29 is 18.7 Å². The number of carbonyl (C=O) groups is 2. The molecule has 0 radical (unpaired) electrons. The summed E-state index contributed by atoms with van der Waals surface area (Å²) in [5.74, 6) is -0.885. The Bertz CT molecular complexity index is 1270. The van der Waals surface area contributed by atoms with Crippen molar-refractivity contribution in [2.45, 2.75) is 24.9 Å². The molecule has 0 bridgehead atoms. The Labute approximate surface area is 194 Å². The SMILES string of the molecule is COC(=O)C1CCN(C(=O)CSc2nc3ccccc3c(=O)n2-c2ccc(C)c(F)c2)CC1. The predicted molar refractivity (Wildman–Crippen MR) is 124 cm³/mol. The van der Waals surface area contributed by atoms with Crippen LogP contribution in [0.2, 0.25) is 0 Å². The number of carbonyl (C=O) groups excluding carboxylic acids is 2. The van der Waals surface area contributed by atoms with Crippen LogP contribution < -0.4 is 5.56 Å². The summed E-state index contributed by atoms with van der Waals surface area (Å²) >= 11 is 1.14. The van der Waals surface area contributed by atoms with Crippen molar-refractivity contribution in [2.75, 3.05) is 26.0 Å². The number of hydrogen-bond donors (Lipinski definition) is 0. The molecule has 1 amide bonds. The number of para-hydroxylation sites is 1. The molecular formula is C24H24FN3O4S. The number of hydrogen-bond acceptors (Lipinski definition) is 6. The van der Waals surface area contributed by atoms with E-state index in [4.69, 9.17) is 4.74 Å². The molecule has 9 heteroatoms. The first kappa shape index (κ1) is 23.0. The van der Waals surface area contributed by atoms with Crippen molar-refractivity contribution in [1.29, 1.82) is 0 Å². The Morgan fingerprint density at radius 2 is 1.91 bits per heavy atom. The van der Waals surface area contributed by atoms with Gasteiger partial charge in [0.15, 0.2) is 5.16 Å². The van der Waals surface area contributed by atoms with Gasteiger partial charge in [-0.3, -0.25) is 19.0 Å². The molecule has 1 aromatic heterocycles. The molecule has 2 aromatic carbocycles. The van der Waals surface area contributed by atoms with E-state index in [2.05, 4.69) is 4.98 Å². The molecule has 0 spiro atoms. The van der Waals surface area contributed by atoms with E-state index in [1.165, 1.54) is 17.7 Å². The van der Waals surface area contributed by atoms with E-state index in [9.17, 15) is 18.8 Å². The lowest BCUT2D eigenvalue weighted by Crippen LogP contribution is -2.41. The van der Waals surface area contributed by atoms with Crippen LogP contribution in [0.3, 0.4) is 0 Å². The van der Waals surface area contributed by atoms with Crippen LogP contribution >= 0.6 is 11.8 Å². The molecule has 0 N–H and O–H groups in total. The summed E-state index contributed by atoms with van der Waals surface area (Å²) in [5.41, 5.74) is 1.02. The van der Waals surface area contributed by atoms with Crippen molar-refractivity contribution in [1.82, 2.24) is 14.5 Å². The van der Waals surface area contributed by atoms with Gasteiger partial charge in [0.2, 0.25) is 5.91 Å². The average molecular weight is 470 g/mol. The molecule has 3 aromatic rings. The fourth-order valence-electron chi connectivity index (χ4n) is 3.91. The number of methoxy groups -OCH3 is 1. The first-order valence-corrected chi connectivity index (χ1v) is 11.6. The second-order valence-corrected chi connectivity index (χ2v) is 8.89. The van der Waals surface area contributed by atoms with Gasteiger partial charge >= 0.3 is 5.97 Å². The molecule has 4 rings (SSSR count). The third-order valence-electron chi connectivity index (χ3n) is 5.87. The lowest BCUT2D eigenvalue weighted by molar-refractivity contribution is -0.148. The maximum atomic E-state index is 14.3. The van der Waals surface area contributed by atoms with E-state index in [1.807, 2.05) is 0 Å². The maximum absolute atomic E-state index is 14.3. The fourth-order valence-corrected chi connectivity index (χ4v) is 4.82. The minimum absolute atomic E-state index is 0.0714. The van der Waals surface area contributed by atoms with E-state index in [1.54, 1.807) is 48.2 Å². The number of piperidine rings is 1. The number of aryl methyl sites for hydroxylation is 1. The predicted octanol–water partition coefficient (Wildman–Crippen LogP) is 3.34. The number of rotatable bonds is 5. The van der Waals surface area contributed by atoms with Crippen molar-refractivity contribution in [2.24, 2.45) is 5.92 Å². The number of likely N-dealkylation sites (tertiary alicyclic amines) is 1. The van der Waals surface area contributed by atoms with Gasteiger partial charge in [-0.25, -0.2) is 9.37 Å². The summed E-state index contributed by atoms with van der Waals surface area (Å²) in [6, 6.07) is 11.5. The largest absolute Gasteiger partial charge is 0.469 e. The summed E-state index contributed by atoms with van der Waals surface area (Å²) < 4.78 is 20.4. The second kappa shape index (κ2) is 9.74. The van der Waals surface area contributed by atoms with Gasteiger partial charge in [0, 0.05) is 13.1 Å². The van der Waals surface area contributed by atoms with Gasteiger partial charge in [-0.05, 0) is 49.6 Å². The van der Waals surface area contributed by atoms with Crippen LogP contribution in [0.15, 0.2) is 52.4 Å². The molecule has 1 aliphatic heterocycles. The molecule has 33 heavy (non-hydrogen) atoms. The van der Waals surface area contributed by atoms with Crippen LogP contribution in [0.5, 0.6) is 0 Å². The number of benzene rings is 2. The van der Waals surface area contributed by atoms with Gasteiger partial charge in [0.25, 0.3) is 5.56 Å². The fraction of sp³-hybridized carbons (Fsp3) is 0.333. The molecule has 0 unspecified atom stereocenters. The lowest BCUT2D eigenvalue weighted by atomic mass is 9.97. The number of aromatic nitrogens is 2. The molecule has 172 valence electrons. The second-order valence-electron chi connectivity index (χ2n) is 7.95. The van der Waals surface area contributed by atoms with Crippen molar-refractivity contribution in [3.05, 3.63) is 64.2 Å². The van der Waals surface area contributed by atoms with Crippen molar-refractivity contribution in [3.63, 3.8) is 0 Å². The highest BCUT2D eigenvalue weighted by atomic mass is 32.2. The molecular weight excluding hydrogens is 445 g/mol. The maximum Gasteiger partial charge on any atom is 0.308 e. The van der Waals surface area contributed by atoms with Gasteiger partial charge in [-0.15, -0.1) is 0 Å². The van der Waals surface area contributed by atoms with Crippen LogP contribution in [0.25, 0.3) is 16.6 Å². The molecule has 1 saturated heterocycles. The van der Waals surface area contributed by atoms with Crippen LogP contribution in [0.4, 0.5) is 4.39 Å². The Morgan fingerprint density at radius 3 is 2.61 bits per heavy atom. The zero-order valence-corrected chi connectivity index (χ0v) is 19.2. The summed E-state index contributed by atoms with van der Waals surface area (Å²) in [6.07, 6.45) is 1.12. The van der Waals surface area contributed by atoms with E-state index >= 15 is 0 Å². The zero-order valence-electron chi connectivity index (χ0n) is 18.4. The Morgan fingerprint density at radius 1 is 1.18 bits per heavy atom. The number of amides is 1. The Kier molecular flexibility index (Phi) is 6.78. The summed E-state index contributed by atoms with van der Waals surface area (Å²) in [5, 5.41) is 0.735. The minimum atomic E-state index is -0.423. The van der Waals surface area contributed by atoms with Crippen molar-refractivity contribution >= 4 is 34.5 Å². The van der Waals surface area contributed by atoms with Gasteiger partial charge in [0.05, 0.1) is 35.4 Å². The molecule has 7 nitrogen and oxygen atoms in total. The molecule has 0 saturated carbocycles. The van der Waals surface area contributed by atoms with E-state index in [0.29, 0.717) is 53.2 Å². The third kappa shape index (κ3) is 4.78. The first-order chi connectivity index (χ1) is 15.9. The normalized spacial score (nSPS) is 14.5. The summed E-state index contributed by atoms with van der Waals surface area (Å²) in [6.45, 7) is 2.60. The zero-order chi connectivity index (χ0) is 23.5. The highest BCUT2D eigenvalue weighted by Crippen LogP contribution is 2.24. The van der Waals surface area contributed by atoms with E-state index in [-0.39, 0.29) is 29.1 Å². The van der Waals surface area contributed by atoms with Crippen LogP contribution in [-0.2, 0) is 14.3 Å². The standard InChI is InChI=1S/C24H24FN3O4S/c1-15-7-8-17(13-19(15)25)28-22(30)18-5-3-4-6-20(18)26-24(28)33-14-21(29)27-11-9-16(10-12-27)23(31)32-2/h3-8,13,16H,9-12,14H2,1-2H3. The highest BCUT2D eigenvalue weighted by molar-refractivity contribution is 7.99. The van der Waals surface area contributed by atoms with Gasteiger partial charge in [-0.2, -0.15) is 0 Å². The molecule has 0 aliphatic carbocycles. The average Bonchev–Trinajstić information content (AvgIpc) is 2.84. The Hall–Kier alpha value is -3.20. The minimum Gasteiger partial charge on any atom is -0.469 e. The van der Waals surface area contributed by atoms with Gasteiger partial charge < -0.3 is 9.64 Å². The number of ether oxygens (including phenoxy) is 1. The molecule has 1 fully saturated rings. The summed E-state index contributed by atoms with van der Waals surface area (Å²) in [4.78, 5) is 44.1. The smallest absolute Gasteiger partial charge is 0.308 e. The number of esters is 1. The monoisotopic (exact) mass is 469 g/mol. The van der Waals surface area contributed by atoms with Gasteiger partial charge in [-0.1, -0.05) is 30.0 Å². The lowest BCUT2D eigenvalue weighted by Gasteiger charge is -2.30. The Balaban J connectivity index is 1.59. The molecule has 1 aliphatic rings. The van der Waals surface area contributed by atoms with Crippen LogP contribution in [0.1, 0.15) is 18.4 Å². The first-order valence-electron chi connectivity index (χ1n) is 10.7. The van der Waals surface area contributed by atoms with E-state index < -0.39 is 5.82 Å². The quantitative estimate of drug-likeness (QED) is 0.324. The third-order valence-corrected chi connectivity index (χ3v) is 6.79. The van der Waals surface area contributed by atoms with Gasteiger partial charge in [0.1, 0.15) is 5.82 Å². The van der Waals surface area contributed by atoms with Crippen LogP contribution in [-0.4, -0.2) is 52.3 Å². The highest BCUT2D eigenvalue weighted by Gasteiger charge is 2.28. The van der Waals surface area contributed by atoms with Crippen molar-refractivity contribution in [3.8, 4) is 5.69 Å². The molecule has 0 atom stereocenters. The number of thioether (sulfide) groups is 1. The molecule has 2 heterocycles. The van der Waals surface area contributed by atoms with Crippen LogP contribution in [0, 0.1) is 18.7 Å².